The van der Waals surface area contributed by atoms with Crippen LogP contribution < -0.4 is 0 Å². The summed E-state index contributed by atoms with van der Waals surface area (Å²) < 4.78 is 1.27. The van der Waals surface area contributed by atoms with Gasteiger partial charge in [0.05, 0.1) is 6.61 Å². The molecule has 3 aromatic rings. The zero-order valence-corrected chi connectivity index (χ0v) is 11.1. The van der Waals surface area contributed by atoms with Crippen molar-refractivity contribution in [2.24, 2.45) is 0 Å². The Hall–Kier alpha value is -1.35. The standard InChI is InChI=1S/C15H11ClOS/c16-13-7-11(5-6-12(13)9-17)15-8-10-3-1-2-4-14(10)18-15/h1-8,17H,9H2. The molecular formula is C15H11ClOS. The lowest BCUT2D eigenvalue weighted by Gasteiger charge is -2.02. The molecule has 0 amide bonds. The number of thiophene rings is 1. The molecular weight excluding hydrogens is 264 g/mol. The third-order valence-electron chi connectivity index (χ3n) is 2.93. The highest BCUT2D eigenvalue weighted by atomic mass is 35.5. The zero-order valence-electron chi connectivity index (χ0n) is 9.56. The molecule has 0 unspecified atom stereocenters. The molecule has 2 aromatic carbocycles. The van der Waals surface area contributed by atoms with Crippen molar-refractivity contribution in [3.8, 4) is 10.4 Å². The number of aliphatic hydroxyl groups is 1. The molecule has 3 rings (SSSR count). The monoisotopic (exact) mass is 274 g/mol. The van der Waals surface area contributed by atoms with E-state index in [0.29, 0.717) is 5.02 Å². The minimum absolute atomic E-state index is 0.0223. The molecule has 1 nitrogen and oxygen atoms in total. The first-order valence-electron chi connectivity index (χ1n) is 5.66. The summed E-state index contributed by atoms with van der Waals surface area (Å²) in [6.45, 7) is -0.0223. The summed E-state index contributed by atoms with van der Waals surface area (Å²) in [6, 6.07) is 16.3. The molecule has 1 heterocycles. The van der Waals surface area contributed by atoms with E-state index in [2.05, 4.69) is 18.2 Å². The van der Waals surface area contributed by atoms with Crippen LogP contribution in [0, 0.1) is 0 Å². The van der Waals surface area contributed by atoms with E-state index in [1.165, 1.54) is 15.0 Å². The molecule has 0 saturated carbocycles. The number of hydrogen-bond acceptors (Lipinski definition) is 2. The maximum atomic E-state index is 9.11. The third kappa shape index (κ3) is 2.03. The van der Waals surface area contributed by atoms with Gasteiger partial charge >= 0.3 is 0 Å². The van der Waals surface area contributed by atoms with Crippen molar-refractivity contribution in [1.82, 2.24) is 0 Å². The third-order valence-corrected chi connectivity index (χ3v) is 4.45. The van der Waals surface area contributed by atoms with Crippen molar-refractivity contribution >= 4 is 33.0 Å². The van der Waals surface area contributed by atoms with Gasteiger partial charge in [0, 0.05) is 14.6 Å². The van der Waals surface area contributed by atoms with Crippen LogP contribution in [-0.4, -0.2) is 5.11 Å². The Morgan fingerprint density at radius 3 is 2.61 bits per heavy atom. The van der Waals surface area contributed by atoms with Crippen molar-refractivity contribution in [2.75, 3.05) is 0 Å². The number of halogens is 1. The van der Waals surface area contributed by atoms with Crippen molar-refractivity contribution in [1.29, 1.82) is 0 Å². The Morgan fingerprint density at radius 2 is 1.89 bits per heavy atom. The number of aliphatic hydroxyl groups excluding tert-OH is 1. The summed E-state index contributed by atoms with van der Waals surface area (Å²) in [6.07, 6.45) is 0. The molecule has 0 atom stereocenters. The van der Waals surface area contributed by atoms with Crippen LogP contribution in [0.25, 0.3) is 20.5 Å². The van der Waals surface area contributed by atoms with E-state index in [1.807, 2.05) is 30.3 Å². The van der Waals surface area contributed by atoms with Crippen LogP contribution in [-0.2, 0) is 6.61 Å². The smallest absolute Gasteiger partial charge is 0.0696 e. The Labute approximate surface area is 114 Å². The number of rotatable bonds is 2. The van der Waals surface area contributed by atoms with Gasteiger partial charge in [0.15, 0.2) is 0 Å². The number of benzene rings is 2. The van der Waals surface area contributed by atoms with Gasteiger partial charge in [-0.25, -0.2) is 0 Å². The lowest BCUT2D eigenvalue weighted by atomic mass is 10.1. The first-order chi connectivity index (χ1) is 8.78. The highest BCUT2D eigenvalue weighted by Crippen LogP contribution is 2.35. The van der Waals surface area contributed by atoms with Gasteiger partial charge in [-0.2, -0.15) is 0 Å². The summed E-state index contributed by atoms with van der Waals surface area (Å²) in [5.41, 5.74) is 1.86. The van der Waals surface area contributed by atoms with Gasteiger partial charge in [0.25, 0.3) is 0 Å². The minimum atomic E-state index is -0.0223. The molecule has 0 aliphatic heterocycles. The van der Waals surface area contributed by atoms with Gasteiger partial charge in [-0.15, -0.1) is 11.3 Å². The molecule has 0 aliphatic carbocycles. The van der Waals surface area contributed by atoms with Gasteiger partial charge in [-0.1, -0.05) is 41.9 Å². The van der Waals surface area contributed by atoms with Crippen molar-refractivity contribution < 1.29 is 5.11 Å². The average Bonchev–Trinajstić information content (AvgIpc) is 2.82. The van der Waals surface area contributed by atoms with E-state index in [-0.39, 0.29) is 6.61 Å². The molecule has 90 valence electrons. The number of fused-ring (bicyclic) bond motifs is 1. The largest absolute Gasteiger partial charge is 0.392 e. The molecule has 0 radical (unpaired) electrons. The van der Waals surface area contributed by atoms with E-state index in [1.54, 1.807) is 11.3 Å². The maximum absolute atomic E-state index is 9.11. The fraction of sp³-hybridized carbons (Fsp3) is 0.0667. The molecule has 1 aromatic heterocycles. The van der Waals surface area contributed by atoms with Crippen LogP contribution in [0.1, 0.15) is 5.56 Å². The van der Waals surface area contributed by atoms with Crippen molar-refractivity contribution in [3.63, 3.8) is 0 Å². The predicted octanol–water partition coefficient (Wildman–Crippen LogP) is 4.71. The minimum Gasteiger partial charge on any atom is -0.392 e. The van der Waals surface area contributed by atoms with Crippen molar-refractivity contribution in [3.05, 3.63) is 59.1 Å². The van der Waals surface area contributed by atoms with Gasteiger partial charge in [-0.3, -0.25) is 0 Å². The summed E-state index contributed by atoms with van der Waals surface area (Å²) in [5.74, 6) is 0. The van der Waals surface area contributed by atoms with Crippen LogP contribution in [0.4, 0.5) is 0 Å². The quantitative estimate of drug-likeness (QED) is 0.717. The van der Waals surface area contributed by atoms with Gasteiger partial charge in [0.1, 0.15) is 0 Å². The van der Waals surface area contributed by atoms with Gasteiger partial charge in [-0.05, 0) is 34.7 Å². The van der Waals surface area contributed by atoms with Gasteiger partial charge < -0.3 is 5.11 Å². The second kappa shape index (κ2) is 4.73. The molecule has 0 spiro atoms. The number of hydrogen-bond donors (Lipinski definition) is 1. The van der Waals surface area contributed by atoms with Crippen LogP contribution in [0.15, 0.2) is 48.5 Å². The summed E-state index contributed by atoms with van der Waals surface area (Å²) >= 11 is 7.87. The molecule has 3 heteroatoms. The summed E-state index contributed by atoms with van der Waals surface area (Å²) in [5, 5.41) is 11.0. The van der Waals surface area contributed by atoms with E-state index >= 15 is 0 Å². The zero-order chi connectivity index (χ0) is 12.5. The lowest BCUT2D eigenvalue weighted by Crippen LogP contribution is -1.84. The molecule has 0 aliphatic rings. The SMILES string of the molecule is OCc1ccc(-c2cc3ccccc3s2)cc1Cl. The molecule has 0 saturated heterocycles. The first-order valence-corrected chi connectivity index (χ1v) is 6.85. The lowest BCUT2D eigenvalue weighted by molar-refractivity contribution is 0.282. The summed E-state index contributed by atoms with van der Waals surface area (Å²) in [4.78, 5) is 1.20. The fourth-order valence-electron chi connectivity index (χ4n) is 1.95. The van der Waals surface area contributed by atoms with Crippen LogP contribution >= 0.6 is 22.9 Å². The second-order valence-corrected chi connectivity index (χ2v) is 5.60. The molecule has 18 heavy (non-hydrogen) atoms. The Bertz CT molecular complexity index is 670. The van der Waals surface area contributed by atoms with Crippen LogP contribution in [0.3, 0.4) is 0 Å². The Kier molecular flexibility index (Phi) is 3.08. The van der Waals surface area contributed by atoms with Crippen LogP contribution in [0.2, 0.25) is 5.02 Å². The normalized spacial score (nSPS) is 11.0. The van der Waals surface area contributed by atoms with E-state index in [0.717, 1.165) is 11.1 Å². The topological polar surface area (TPSA) is 20.2 Å². The Morgan fingerprint density at radius 1 is 1.06 bits per heavy atom. The summed E-state index contributed by atoms with van der Waals surface area (Å²) in [7, 11) is 0. The Balaban J connectivity index is 2.11. The average molecular weight is 275 g/mol. The van der Waals surface area contributed by atoms with Gasteiger partial charge in [0.2, 0.25) is 0 Å². The van der Waals surface area contributed by atoms with E-state index < -0.39 is 0 Å². The highest BCUT2D eigenvalue weighted by molar-refractivity contribution is 7.22. The first kappa shape index (κ1) is 11.7. The molecule has 1 N–H and O–H groups in total. The predicted molar refractivity (Wildman–Crippen MR) is 78.2 cm³/mol. The van der Waals surface area contributed by atoms with E-state index in [9.17, 15) is 0 Å². The van der Waals surface area contributed by atoms with Crippen LogP contribution in [0.5, 0.6) is 0 Å². The maximum Gasteiger partial charge on any atom is 0.0696 e. The van der Waals surface area contributed by atoms with Crippen molar-refractivity contribution in [2.45, 2.75) is 6.61 Å². The molecule has 0 fully saturated rings. The fourth-order valence-corrected chi connectivity index (χ4v) is 3.25. The molecule has 0 bridgehead atoms. The second-order valence-electron chi connectivity index (χ2n) is 4.11. The van der Waals surface area contributed by atoms with E-state index in [4.69, 9.17) is 16.7 Å². The highest BCUT2D eigenvalue weighted by Gasteiger charge is 2.06.